The van der Waals surface area contributed by atoms with E-state index >= 15 is 0 Å². The SMILES string of the molecule is Nc1ccc2c(c1)O/C(=C/c1ccncc1)C(=O)N2CC(O)CO. The van der Waals surface area contributed by atoms with Crippen LogP contribution in [-0.4, -0.2) is 40.4 Å². The summed E-state index contributed by atoms with van der Waals surface area (Å²) in [6.45, 7) is -0.498. The summed E-state index contributed by atoms with van der Waals surface area (Å²) in [5, 5.41) is 18.8. The number of aromatic nitrogens is 1. The van der Waals surface area contributed by atoms with Gasteiger partial charge in [0.2, 0.25) is 0 Å². The highest BCUT2D eigenvalue weighted by molar-refractivity contribution is 6.10. The number of anilines is 2. The first-order valence-corrected chi connectivity index (χ1v) is 7.38. The van der Waals surface area contributed by atoms with E-state index in [2.05, 4.69) is 4.98 Å². The first kappa shape index (κ1) is 16.0. The van der Waals surface area contributed by atoms with Crippen LogP contribution >= 0.6 is 0 Å². The van der Waals surface area contributed by atoms with Gasteiger partial charge < -0.3 is 20.7 Å². The van der Waals surface area contributed by atoms with E-state index in [-0.39, 0.29) is 12.3 Å². The molecule has 7 nitrogen and oxygen atoms in total. The Morgan fingerprint density at radius 2 is 2.04 bits per heavy atom. The summed E-state index contributed by atoms with van der Waals surface area (Å²) in [5.74, 6) is 0.112. The number of nitrogen functional groups attached to an aromatic ring is 1. The number of amides is 1. The molecule has 0 spiro atoms. The smallest absolute Gasteiger partial charge is 0.294 e. The maximum absolute atomic E-state index is 12.7. The average Bonchev–Trinajstić information content (AvgIpc) is 2.59. The van der Waals surface area contributed by atoms with E-state index < -0.39 is 18.6 Å². The van der Waals surface area contributed by atoms with Crippen molar-refractivity contribution in [3.05, 3.63) is 54.0 Å². The molecule has 1 aliphatic heterocycles. The van der Waals surface area contributed by atoms with Crippen LogP contribution in [0.1, 0.15) is 5.56 Å². The minimum absolute atomic E-state index is 0.0523. The molecule has 7 heteroatoms. The number of aliphatic hydroxyl groups excluding tert-OH is 2. The van der Waals surface area contributed by atoms with Crippen molar-refractivity contribution < 1.29 is 19.7 Å². The van der Waals surface area contributed by atoms with E-state index in [1.165, 1.54) is 4.90 Å². The number of ether oxygens (including phenoxy) is 1. The predicted molar refractivity (Wildman–Crippen MR) is 89.1 cm³/mol. The van der Waals surface area contributed by atoms with Gasteiger partial charge in [0, 0.05) is 24.1 Å². The number of β-amino-alcohol motifs (C(OH)–C–C–N with tert-alkyl or cyclic N) is 1. The number of nitrogens with zero attached hydrogens (tertiary/aromatic N) is 2. The summed E-state index contributed by atoms with van der Waals surface area (Å²) >= 11 is 0. The number of carbonyl (C=O) groups excluding carboxylic acids is 1. The van der Waals surface area contributed by atoms with Crippen molar-refractivity contribution in [1.29, 1.82) is 0 Å². The van der Waals surface area contributed by atoms with Gasteiger partial charge >= 0.3 is 0 Å². The summed E-state index contributed by atoms with van der Waals surface area (Å²) in [4.78, 5) is 18.0. The average molecular weight is 327 g/mol. The number of fused-ring (bicyclic) bond motifs is 1. The van der Waals surface area contributed by atoms with Crippen LogP contribution in [0.25, 0.3) is 6.08 Å². The Kier molecular flexibility index (Phi) is 4.45. The van der Waals surface area contributed by atoms with E-state index in [1.807, 2.05) is 0 Å². The molecule has 2 aromatic rings. The summed E-state index contributed by atoms with van der Waals surface area (Å²) < 4.78 is 5.70. The van der Waals surface area contributed by atoms with E-state index in [9.17, 15) is 9.90 Å². The van der Waals surface area contributed by atoms with Gasteiger partial charge in [0.15, 0.2) is 11.5 Å². The molecule has 1 unspecified atom stereocenters. The first-order chi connectivity index (χ1) is 11.6. The number of carbonyl (C=O) groups is 1. The molecule has 1 aromatic heterocycles. The van der Waals surface area contributed by atoms with Gasteiger partial charge in [-0.3, -0.25) is 14.7 Å². The molecule has 1 atom stereocenters. The number of rotatable bonds is 4. The van der Waals surface area contributed by atoms with E-state index in [1.54, 1.807) is 48.8 Å². The first-order valence-electron chi connectivity index (χ1n) is 7.38. The molecule has 0 aliphatic carbocycles. The third-order valence-electron chi connectivity index (χ3n) is 3.56. The second-order valence-corrected chi connectivity index (χ2v) is 5.37. The quantitative estimate of drug-likeness (QED) is 0.566. The second-order valence-electron chi connectivity index (χ2n) is 5.37. The molecule has 0 saturated carbocycles. The van der Waals surface area contributed by atoms with Gasteiger partial charge in [-0.25, -0.2) is 0 Å². The van der Waals surface area contributed by atoms with Crippen molar-refractivity contribution in [2.75, 3.05) is 23.8 Å². The Balaban J connectivity index is 2.02. The lowest BCUT2D eigenvalue weighted by Crippen LogP contribution is -2.43. The maximum atomic E-state index is 12.7. The molecule has 1 aliphatic rings. The molecule has 1 amide bonds. The molecule has 0 radical (unpaired) electrons. The monoisotopic (exact) mass is 327 g/mol. The Morgan fingerprint density at radius 3 is 2.75 bits per heavy atom. The van der Waals surface area contributed by atoms with Crippen molar-refractivity contribution >= 4 is 23.4 Å². The van der Waals surface area contributed by atoms with Gasteiger partial charge in [-0.1, -0.05) is 0 Å². The molecule has 3 rings (SSSR count). The van der Waals surface area contributed by atoms with Gasteiger partial charge in [0.05, 0.1) is 24.9 Å². The Morgan fingerprint density at radius 1 is 1.29 bits per heavy atom. The molecule has 4 N–H and O–H groups in total. The highest BCUT2D eigenvalue weighted by Crippen LogP contribution is 2.37. The van der Waals surface area contributed by atoms with Crippen LogP contribution in [0.15, 0.2) is 48.5 Å². The fraction of sp³-hybridized carbons (Fsp3) is 0.176. The lowest BCUT2D eigenvalue weighted by atomic mass is 10.1. The Hall–Kier alpha value is -2.90. The van der Waals surface area contributed by atoms with E-state index in [0.717, 1.165) is 5.56 Å². The zero-order valence-corrected chi connectivity index (χ0v) is 12.8. The van der Waals surface area contributed by atoms with Crippen molar-refractivity contribution in [3.63, 3.8) is 0 Å². The Bertz CT molecular complexity index is 777. The topological polar surface area (TPSA) is 109 Å². The highest BCUT2D eigenvalue weighted by Gasteiger charge is 2.31. The Labute approximate surface area is 138 Å². The van der Waals surface area contributed by atoms with Gasteiger partial charge in [0.1, 0.15) is 0 Å². The third-order valence-corrected chi connectivity index (χ3v) is 3.56. The molecule has 0 saturated heterocycles. The largest absolute Gasteiger partial charge is 0.449 e. The van der Waals surface area contributed by atoms with Crippen LogP contribution in [0.3, 0.4) is 0 Å². The molecule has 0 fully saturated rings. The summed E-state index contributed by atoms with van der Waals surface area (Å²) in [5.41, 5.74) is 7.53. The van der Waals surface area contributed by atoms with Crippen LogP contribution in [0, 0.1) is 0 Å². The van der Waals surface area contributed by atoms with Crippen molar-refractivity contribution in [1.82, 2.24) is 4.98 Å². The van der Waals surface area contributed by atoms with Crippen LogP contribution < -0.4 is 15.4 Å². The summed E-state index contributed by atoms with van der Waals surface area (Å²) in [7, 11) is 0. The molecule has 124 valence electrons. The van der Waals surface area contributed by atoms with E-state index in [0.29, 0.717) is 17.1 Å². The fourth-order valence-electron chi connectivity index (χ4n) is 2.39. The van der Waals surface area contributed by atoms with Crippen LogP contribution in [0.5, 0.6) is 5.75 Å². The highest BCUT2D eigenvalue weighted by atomic mass is 16.5. The zero-order valence-electron chi connectivity index (χ0n) is 12.8. The van der Waals surface area contributed by atoms with Crippen molar-refractivity contribution in [3.8, 4) is 5.75 Å². The maximum Gasteiger partial charge on any atom is 0.294 e. The van der Waals surface area contributed by atoms with Gasteiger partial charge in [-0.05, 0) is 35.9 Å². The second kappa shape index (κ2) is 6.69. The van der Waals surface area contributed by atoms with Crippen LogP contribution in [-0.2, 0) is 4.79 Å². The van der Waals surface area contributed by atoms with Gasteiger partial charge in [-0.2, -0.15) is 0 Å². The zero-order chi connectivity index (χ0) is 17.1. The fourth-order valence-corrected chi connectivity index (χ4v) is 2.39. The standard InChI is InChI=1S/C17H17N3O4/c18-12-1-2-14-15(8-12)24-16(7-11-3-5-19-6-4-11)17(23)20(14)9-13(22)10-21/h1-8,13,21-22H,9-10,18H2/b16-7+. The molecular weight excluding hydrogens is 310 g/mol. The van der Waals surface area contributed by atoms with E-state index in [4.69, 9.17) is 15.6 Å². The number of nitrogens with two attached hydrogens (primary N) is 1. The molecular formula is C17H17N3O4. The van der Waals surface area contributed by atoms with Gasteiger partial charge in [0.25, 0.3) is 5.91 Å². The number of benzene rings is 1. The normalized spacial score (nSPS) is 16.7. The van der Waals surface area contributed by atoms with Crippen LogP contribution in [0.4, 0.5) is 11.4 Å². The molecule has 24 heavy (non-hydrogen) atoms. The minimum Gasteiger partial charge on any atom is -0.449 e. The predicted octanol–water partition coefficient (Wildman–Crippen LogP) is 0.783. The van der Waals surface area contributed by atoms with Gasteiger partial charge in [-0.15, -0.1) is 0 Å². The third kappa shape index (κ3) is 3.22. The van der Waals surface area contributed by atoms with Crippen molar-refractivity contribution in [2.45, 2.75) is 6.10 Å². The number of hydrogen-bond acceptors (Lipinski definition) is 6. The molecule has 2 heterocycles. The lowest BCUT2D eigenvalue weighted by molar-refractivity contribution is -0.118. The summed E-state index contributed by atoms with van der Waals surface area (Å²) in [6.07, 6.45) is 3.76. The minimum atomic E-state index is -1.06. The molecule has 1 aromatic carbocycles. The summed E-state index contributed by atoms with van der Waals surface area (Å²) in [6, 6.07) is 8.39. The number of pyridine rings is 1. The number of aliphatic hydroxyl groups is 2. The molecule has 0 bridgehead atoms. The van der Waals surface area contributed by atoms with Crippen LogP contribution in [0.2, 0.25) is 0 Å². The van der Waals surface area contributed by atoms with Crippen molar-refractivity contribution in [2.24, 2.45) is 0 Å². The number of hydrogen-bond donors (Lipinski definition) is 3. The lowest BCUT2D eigenvalue weighted by Gasteiger charge is -2.31.